The molecule has 0 saturated heterocycles. The van der Waals surface area contributed by atoms with E-state index in [4.69, 9.17) is 10.5 Å². The Hall–Kier alpha value is -1.62. The van der Waals surface area contributed by atoms with Crippen LogP contribution in [-0.4, -0.2) is 24.1 Å². The molecule has 0 aliphatic rings. The van der Waals surface area contributed by atoms with Crippen LogP contribution in [0.1, 0.15) is 19.8 Å². The fraction of sp³-hybridized carbons (Fsp3) is 0.455. The van der Waals surface area contributed by atoms with Gasteiger partial charge in [-0.05, 0) is 18.6 Å². The lowest BCUT2D eigenvalue weighted by Gasteiger charge is -2.04. The smallest absolute Gasteiger partial charge is 0.227 e. The third-order valence-electron chi connectivity index (χ3n) is 1.88. The molecule has 1 heterocycles. The highest BCUT2D eigenvalue weighted by molar-refractivity contribution is 5.89. The standard InChI is InChI=1S/C11H17N3O2/c1-2-6-16-7-5-11(15)14-10-4-3-9(12)8-13-10/h3-4,8H,2,5-7,12H2,1H3,(H,13,14,15). The van der Waals surface area contributed by atoms with Gasteiger partial charge in [-0.2, -0.15) is 0 Å². The fourth-order valence-electron chi connectivity index (χ4n) is 1.10. The minimum Gasteiger partial charge on any atom is -0.397 e. The molecule has 1 amide bonds. The number of hydrogen-bond donors (Lipinski definition) is 2. The summed E-state index contributed by atoms with van der Waals surface area (Å²) < 4.78 is 5.21. The number of amides is 1. The van der Waals surface area contributed by atoms with E-state index in [9.17, 15) is 4.79 Å². The van der Waals surface area contributed by atoms with Crippen molar-refractivity contribution >= 4 is 17.4 Å². The van der Waals surface area contributed by atoms with Crippen LogP contribution in [-0.2, 0) is 9.53 Å². The maximum atomic E-state index is 11.4. The second kappa shape index (κ2) is 6.79. The van der Waals surface area contributed by atoms with Gasteiger partial charge >= 0.3 is 0 Å². The van der Waals surface area contributed by atoms with Crippen LogP contribution >= 0.6 is 0 Å². The van der Waals surface area contributed by atoms with E-state index in [2.05, 4.69) is 10.3 Å². The number of carbonyl (C=O) groups excluding carboxylic acids is 1. The Labute approximate surface area is 95.0 Å². The quantitative estimate of drug-likeness (QED) is 0.715. The van der Waals surface area contributed by atoms with Crippen molar-refractivity contribution in [3.63, 3.8) is 0 Å². The first-order valence-corrected chi connectivity index (χ1v) is 5.31. The van der Waals surface area contributed by atoms with E-state index in [1.165, 1.54) is 6.20 Å². The first-order valence-electron chi connectivity index (χ1n) is 5.31. The van der Waals surface area contributed by atoms with E-state index in [1.807, 2.05) is 6.92 Å². The molecule has 0 aromatic carbocycles. The summed E-state index contributed by atoms with van der Waals surface area (Å²) in [6.07, 6.45) is 2.80. The third kappa shape index (κ3) is 4.75. The van der Waals surface area contributed by atoms with Gasteiger partial charge in [0.05, 0.1) is 24.9 Å². The van der Waals surface area contributed by atoms with E-state index in [0.29, 0.717) is 31.1 Å². The summed E-state index contributed by atoms with van der Waals surface area (Å²) in [7, 11) is 0. The maximum absolute atomic E-state index is 11.4. The Kier molecular flexibility index (Phi) is 5.28. The molecule has 5 heteroatoms. The molecule has 0 aliphatic carbocycles. The zero-order chi connectivity index (χ0) is 11.8. The molecule has 1 aromatic rings. The SMILES string of the molecule is CCCOCCC(=O)Nc1ccc(N)cn1. The molecule has 0 saturated carbocycles. The second-order valence-electron chi connectivity index (χ2n) is 3.39. The minimum atomic E-state index is -0.103. The summed E-state index contributed by atoms with van der Waals surface area (Å²) in [5.41, 5.74) is 6.05. The van der Waals surface area contributed by atoms with E-state index in [1.54, 1.807) is 12.1 Å². The van der Waals surface area contributed by atoms with Gasteiger partial charge in [0.2, 0.25) is 5.91 Å². The number of hydrogen-bond acceptors (Lipinski definition) is 4. The monoisotopic (exact) mass is 223 g/mol. The second-order valence-corrected chi connectivity index (χ2v) is 3.39. The molecule has 1 rings (SSSR count). The topological polar surface area (TPSA) is 77.2 Å². The largest absolute Gasteiger partial charge is 0.397 e. The number of nitrogens with one attached hydrogen (secondary N) is 1. The van der Waals surface area contributed by atoms with Crippen LogP contribution in [0.25, 0.3) is 0 Å². The first kappa shape index (κ1) is 12.4. The summed E-state index contributed by atoms with van der Waals surface area (Å²) in [4.78, 5) is 15.4. The number of carbonyl (C=O) groups is 1. The molecular weight excluding hydrogens is 206 g/mol. The molecule has 0 bridgehead atoms. The van der Waals surface area contributed by atoms with Gasteiger partial charge < -0.3 is 15.8 Å². The van der Waals surface area contributed by atoms with Crippen LogP contribution in [0.2, 0.25) is 0 Å². The van der Waals surface area contributed by atoms with E-state index >= 15 is 0 Å². The fourth-order valence-corrected chi connectivity index (χ4v) is 1.10. The predicted octanol–water partition coefficient (Wildman–Crippen LogP) is 1.42. The lowest BCUT2D eigenvalue weighted by Crippen LogP contribution is -2.15. The molecule has 16 heavy (non-hydrogen) atoms. The zero-order valence-electron chi connectivity index (χ0n) is 9.40. The zero-order valence-corrected chi connectivity index (χ0v) is 9.40. The maximum Gasteiger partial charge on any atom is 0.227 e. The average Bonchev–Trinajstić information content (AvgIpc) is 2.28. The van der Waals surface area contributed by atoms with Gasteiger partial charge in [-0.1, -0.05) is 6.92 Å². The Balaban J connectivity index is 2.26. The van der Waals surface area contributed by atoms with Gasteiger partial charge in [0.15, 0.2) is 0 Å². The number of aromatic nitrogens is 1. The summed E-state index contributed by atoms with van der Waals surface area (Å²) >= 11 is 0. The molecule has 0 radical (unpaired) electrons. The number of pyridine rings is 1. The van der Waals surface area contributed by atoms with Crippen molar-refractivity contribution in [1.29, 1.82) is 0 Å². The molecule has 0 aliphatic heterocycles. The highest BCUT2D eigenvalue weighted by Gasteiger charge is 2.02. The van der Waals surface area contributed by atoms with Gasteiger partial charge in [0.1, 0.15) is 5.82 Å². The number of rotatable bonds is 6. The van der Waals surface area contributed by atoms with Crippen molar-refractivity contribution in [3.05, 3.63) is 18.3 Å². The van der Waals surface area contributed by atoms with Gasteiger partial charge in [-0.3, -0.25) is 4.79 Å². The van der Waals surface area contributed by atoms with Crippen molar-refractivity contribution < 1.29 is 9.53 Å². The summed E-state index contributed by atoms with van der Waals surface area (Å²) in [5, 5.41) is 2.66. The molecule has 0 fully saturated rings. The summed E-state index contributed by atoms with van der Waals surface area (Å²) in [6, 6.07) is 3.36. The lowest BCUT2D eigenvalue weighted by molar-refractivity contribution is -0.117. The molecule has 3 N–H and O–H groups in total. The molecule has 0 atom stereocenters. The number of nitrogens with two attached hydrogens (primary N) is 1. The Morgan fingerprint density at radius 1 is 1.50 bits per heavy atom. The number of ether oxygens (including phenoxy) is 1. The lowest BCUT2D eigenvalue weighted by atomic mass is 10.4. The van der Waals surface area contributed by atoms with Crippen LogP contribution < -0.4 is 11.1 Å². The molecule has 1 aromatic heterocycles. The van der Waals surface area contributed by atoms with Crippen molar-refractivity contribution in [2.45, 2.75) is 19.8 Å². The van der Waals surface area contributed by atoms with Gasteiger partial charge in [0, 0.05) is 6.61 Å². The van der Waals surface area contributed by atoms with Crippen LogP contribution in [0.3, 0.4) is 0 Å². The Morgan fingerprint density at radius 3 is 2.94 bits per heavy atom. The van der Waals surface area contributed by atoms with Crippen LogP contribution in [0.5, 0.6) is 0 Å². The number of anilines is 2. The first-order chi connectivity index (χ1) is 7.72. The molecule has 0 spiro atoms. The van der Waals surface area contributed by atoms with Crippen molar-refractivity contribution in [2.75, 3.05) is 24.3 Å². The highest BCUT2D eigenvalue weighted by atomic mass is 16.5. The van der Waals surface area contributed by atoms with Crippen molar-refractivity contribution in [2.24, 2.45) is 0 Å². The van der Waals surface area contributed by atoms with Gasteiger partial charge in [-0.15, -0.1) is 0 Å². The minimum absolute atomic E-state index is 0.103. The molecule has 0 unspecified atom stereocenters. The van der Waals surface area contributed by atoms with Crippen molar-refractivity contribution in [3.8, 4) is 0 Å². The van der Waals surface area contributed by atoms with E-state index in [0.717, 1.165) is 6.42 Å². The van der Waals surface area contributed by atoms with Crippen molar-refractivity contribution in [1.82, 2.24) is 4.98 Å². The molecule has 5 nitrogen and oxygen atoms in total. The highest BCUT2D eigenvalue weighted by Crippen LogP contribution is 2.05. The Morgan fingerprint density at radius 2 is 2.31 bits per heavy atom. The van der Waals surface area contributed by atoms with Gasteiger partial charge in [0.25, 0.3) is 0 Å². The molecular formula is C11H17N3O2. The van der Waals surface area contributed by atoms with Gasteiger partial charge in [-0.25, -0.2) is 4.98 Å². The summed E-state index contributed by atoms with van der Waals surface area (Å²) in [5.74, 6) is 0.406. The predicted molar refractivity (Wildman–Crippen MR) is 63.0 cm³/mol. The molecule has 88 valence electrons. The number of nitrogen functional groups attached to an aromatic ring is 1. The summed E-state index contributed by atoms with van der Waals surface area (Å²) in [6.45, 7) is 3.15. The third-order valence-corrected chi connectivity index (χ3v) is 1.88. The van der Waals surface area contributed by atoms with Crippen LogP contribution in [0.15, 0.2) is 18.3 Å². The van der Waals surface area contributed by atoms with E-state index < -0.39 is 0 Å². The van der Waals surface area contributed by atoms with Crippen LogP contribution in [0.4, 0.5) is 11.5 Å². The normalized spacial score (nSPS) is 10.1. The Bertz CT molecular complexity index is 325. The average molecular weight is 223 g/mol. The number of nitrogens with zero attached hydrogens (tertiary/aromatic N) is 1. The van der Waals surface area contributed by atoms with E-state index in [-0.39, 0.29) is 5.91 Å². The van der Waals surface area contributed by atoms with Crippen LogP contribution in [0, 0.1) is 0 Å².